The molecule has 0 amide bonds. The van der Waals surface area contributed by atoms with E-state index >= 15 is 0 Å². The van der Waals surface area contributed by atoms with Crippen LogP contribution in [0.2, 0.25) is 0 Å². The van der Waals surface area contributed by atoms with Crippen molar-refractivity contribution >= 4 is 0 Å². The Labute approximate surface area is 175 Å². The summed E-state index contributed by atoms with van der Waals surface area (Å²) in [4.78, 5) is 5.03. The summed E-state index contributed by atoms with van der Waals surface area (Å²) in [6.07, 6.45) is 15.9. The quantitative estimate of drug-likeness (QED) is 0.340. The molecule has 1 heterocycles. The van der Waals surface area contributed by atoms with E-state index in [0.29, 0.717) is 0 Å². The van der Waals surface area contributed by atoms with Crippen LogP contribution in [0.15, 0.2) is 0 Å². The Bertz CT molecular complexity index is 298. The van der Waals surface area contributed by atoms with Gasteiger partial charge in [0.2, 0.25) is 0 Å². The minimum Gasteiger partial charge on any atom is -1.00 e. The van der Waals surface area contributed by atoms with E-state index in [2.05, 4.69) is 37.9 Å². The molecule has 0 spiro atoms. The van der Waals surface area contributed by atoms with Crippen LogP contribution in [-0.2, 0) is 0 Å². The Hall–Kier alpha value is 0.360. The molecule has 0 atom stereocenters. The lowest BCUT2D eigenvalue weighted by atomic mass is 10.1. The smallest absolute Gasteiger partial charge is 0.0914 e. The van der Waals surface area contributed by atoms with Gasteiger partial charge in [-0.05, 0) is 26.9 Å². The number of hydrogen-bond donors (Lipinski definition) is 0. The molecule has 1 fully saturated rings. The number of halogens is 1. The normalized spacial score (nSPS) is 19.4. The summed E-state index contributed by atoms with van der Waals surface area (Å²) in [5, 5.41) is 0. The number of quaternary nitrogens is 1. The fourth-order valence-corrected chi connectivity index (χ4v) is 3.88. The van der Waals surface area contributed by atoms with Gasteiger partial charge in [-0.3, -0.25) is 9.80 Å². The lowest BCUT2D eigenvalue weighted by Crippen LogP contribution is -3.00. The summed E-state index contributed by atoms with van der Waals surface area (Å²) in [6.45, 7) is 11.3. The molecule has 1 aliphatic heterocycles. The van der Waals surface area contributed by atoms with Crippen LogP contribution >= 0.6 is 0 Å². The summed E-state index contributed by atoms with van der Waals surface area (Å²) in [5.41, 5.74) is 0. The summed E-state index contributed by atoms with van der Waals surface area (Å²) >= 11 is 0. The lowest BCUT2D eigenvalue weighted by Gasteiger charge is -2.35. The number of nitrogens with zero attached hydrogens (tertiary/aromatic N) is 3. The first kappa shape index (κ1) is 26.4. The fraction of sp³-hybridized carbons (Fsp3) is 1.00. The Morgan fingerprint density at radius 1 is 0.615 bits per heavy atom. The van der Waals surface area contributed by atoms with Crippen LogP contribution in [0.3, 0.4) is 0 Å². The molecule has 1 saturated heterocycles. The first-order valence-electron chi connectivity index (χ1n) is 11.3. The Morgan fingerprint density at radius 3 is 1.42 bits per heavy atom. The molecule has 0 N–H and O–H groups in total. The van der Waals surface area contributed by atoms with E-state index in [1.807, 2.05) is 0 Å². The van der Waals surface area contributed by atoms with Crippen LogP contribution in [-0.4, -0.2) is 81.2 Å². The van der Waals surface area contributed by atoms with Crippen molar-refractivity contribution in [3.63, 3.8) is 0 Å². The van der Waals surface area contributed by atoms with Crippen molar-refractivity contribution in [2.24, 2.45) is 0 Å². The van der Waals surface area contributed by atoms with Gasteiger partial charge in [0.1, 0.15) is 0 Å². The van der Waals surface area contributed by atoms with E-state index in [1.165, 1.54) is 121 Å². The highest BCUT2D eigenvalue weighted by atomic mass is 79.9. The Kier molecular flexibility index (Phi) is 16.6. The molecule has 0 aliphatic carbocycles. The molecule has 0 bridgehead atoms. The van der Waals surface area contributed by atoms with Gasteiger partial charge >= 0.3 is 0 Å². The van der Waals surface area contributed by atoms with E-state index in [-0.39, 0.29) is 17.0 Å². The van der Waals surface area contributed by atoms with Gasteiger partial charge in [0.05, 0.1) is 26.7 Å². The third-order valence-corrected chi connectivity index (χ3v) is 6.21. The van der Waals surface area contributed by atoms with Crippen molar-refractivity contribution in [1.82, 2.24) is 9.80 Å². The molecule has 1 aliphatic rings. The van der Waals surface area contributed by atoms with Crippen molar-refractivity contribution in [1.29, 1.82) is 0 Å². The maximum absolute atomic E-state index is 2.51. The van der Waals surface area contributed by atoms with Crippen LogP contribution in [0.5, 0.6) is 0 Å². The van der Waals surface area contributed by atoms with Crippen molar-refractivity contribution in [2.45, 2.75) is 77.6 Å². The minimum absolute atomic E-state index is 0. The van der Waals surface area contributed by atoms with Crippen molar-refractivity contribution in [2.75, 3.05) is 67.0 Å². The molecular weight excluding hydrogens is 386 g/mol. The van der Waals surface area contributed by atoms with Gasteiger partial charge in [-0.15, -0.1) is 0 Å². The van der Waals surface area contributed by atoms with Gasteiger partial charge < -0.3 is 21.5 Å². The van der Waals surface area contributed by atoms with Gasteiger partial charge in [0.25, 0.3) is 0 Å². The molecule has 26 heavy (non-hydrogen) atoms. The van der Waals surface area contributed by atoms with E-state index in [4.69, 9.17) is 0 Å². The number of likely N-dealkylation sites (N-methyl/N-ethyl adjacent to an activating group) is 3. The second-order valence-electron chi connectivity index (χ2n) is 8.93. The largest absolute Gasteiger partial charge is 1.00 e. The standard InChI is InChI=1S/C22H48N3.BrH/c1-5-6-7-8-9-10-11-12-13-14-15-20-25(4)21-18-23(2)16-17-24(3)19-22-25;/h5-22H2,1-4H3;1H/q+1;/p-1. The van der Waals surface area contributed by atoms with E-state index in [0.717, 1.165) is 0 Å². The average Bonchev–Trinajstić information content (AvgIpc) is 2.66. The van der Waals surface area contributed by atoms with Crippen molar-refractivity contribution in [3.8, 4) is 0 Å². The highest BCUT2D eigenvalue weighted by molar-refractivity contribution is 4.61. The third-order valence-electron chi connectivity index (χ3n) is 6.21. The van der Waals surface area contributed by atoms with Gasteiger partial charge in [-0.1, -0.05) is 64.7 Å². The molecule has 1 rings (SSSR count). The predicted molar refractivity (Wildman–Crippen MR) is 112 cm³/mol. The fourth-order valence-electron chi connectivity index (χ4n) is 3.88. The lowest BCUT2D eigenvalue weighted by molar-refractivity contribution is -0.908. The van der Waals surface area contributed by atoms with Gasteiger partial charge in [0.15, 0.2) is 0 Å². The maximum Gasteiger partial charge on any atom is 0.0914 e. The molecule has 0 saturated carbocycles. The average molecular weight is 435 g/mol. The highest BCUT2D eigenvalue weighted by Crippen LogP contribution is 2.13. The third kappa shape index (κ3) is 13.5. The Morgan fingerprint density at radius 2 is 1.00 bits per heavy atom. The molecule has 0 aromatic rings. The molecule has 0 radical (unpaired) electrons. The summed E-state index contributed by atoms with van der Waals surface area (Å²) in [5.74, 6) is 0. The first-order valence-corrected chi connectivity index (χ1v) is 11.3. The van der Waals surface area contributed by atoms with Crippen LogP contribution in [0.25, 0.3) is 0 Å². The Balaban J connectivity index is 0.00000625. The SMILES string of the molecule is CCCCCCCCCCCCC[N+]1(C)CCN(C)CCN(C)CC1.[Br-]. The predicted octanol–water partition coefficient (Wildman–Crippen LogP) is 1.63. The second-order valence-corrected chi connectivity index (χ2v) is 8.93. The molecular formula is C22H48BrN3. The molecule has 3 nitrogen and oxygen atoms in total. The topological polar surface area (TPSA) is 6.48 Å². The second kappa shape index (κ2) is 16.3. The van der Waals surface area contributed by atoms with Crippen LogP contribution in [0.1, 0.15) is 77.6 Å². The number of unbranched alkanes of at least 4 members (excludes halogenated alkanes) is 10. The molecule has 0 aromatic heterocycles. The molecule has 0 aromatic carbocycles. The van der Waals surface area contributed by atoms with Gasteiger partial charge in [-0.25, -0.2) is 0 Å². The molecule has 158 valence electrons. The zero-order chi connectivity index (χ0) is 18.4. The number of rotatable bonds is 12. The zero-order valence-electron chi connectivity index (χ0n) is 18.4. The van der Waals surface area contributed by atoms with Crippen LogP contribution < -0.4 is 17.0 Å². The first-order chi connectivity index (χ1) is 12.1. The van der Waals surface area contributed by atoms with Crippen LogP contribution in [0.4, 0.5) is 0 Å². The van der Waals surface area contributed by atoms with Gasteiger partial charge in [0, 0.05) is 26.2 Å². The molecule has 4 heteroatoms. The van der Waals surface area contributed by atoms with Crippen molar-refractivity contribution in [3.05, 3.63) is 0 Å². The van der Waals surface area contributed by atoms with E-state index in [9.17, 15) is 0 Å². The maximum atomic E-state index is 2.51. The van der Waals surface area contributed by atoms with Gasteiger partial charge in [-0.2, -0.15) is 0 Å². The number of hydrogen-bond acceptors (Lipinski definition) is 2. The zero-order valence-corrected chi connectivity index (χ0v) is 20.0. The highest BCUT2D eigenvalue weighted by Gasteiger charge is 2.23. The summed E-state index contributed by atoms with van der Waals surface area (Å²) < 4.78 is 1.27. The monoisotopic (exact) mass is 433 g/mol. The van der Waals surface area contributed by atoms with E-state index in [1.54, 1.807) is 0 Å². The van der Waals surface area contributed by atoms with Crippen molar-refractivity contribution < 1.29 is 21.5 Å². The summed E-state index contributed by atoms with van der Waals surface area (Å²) in [6, 6.07) is 0. The van der Waals surface area contributed by atoms with E-state index < -0.39 is 0 Å². The summed E-state index contributed by atoms with van der Waals surface area (Å²) in [7, 11) is 7.06. The molecule has 0 unspecified atom stereocenters. The minimum atomic E-state index is 0. The van der Waals surface area contributed by atoms with Crippen LogP contribution in [0, 0.1) is 0 Å².